The van der Waals surface area contributed by atoms with E-state index in [1.165, 1.54) is 6.42 Å². The number of hydrogen-bond acceptors (Lipinski definition) is 1. The van der Waals surface area contributed by atoms with Gasteiger partial charge in [0.05, 0.1) is 0 Å². The molecule has 0 fully saturated rings. The predicted molar refractivity (Wildman–Crippen MR) is 53.5 cm³/mol. The summed E-state index contributed by atoms with van der Waals surface area (Å²) in [5.41, 5.74) is 0. The summed E-state index contributed by atoms with van der Waals surface area (Å²) in [6.45, 7) is 11.5. The van der Waals surface area contributed by atoms with E-state index in [9.17, 15) is 0 Å². The van der Waals surface area contributed by atoms with Gasteiger partial charge in [0.15, 0.2) is 9.04 Å². The standard InChI is InChI=1S/C9H22OSi/c1-7-9(4,8(2)3)11(6)10-5/h8,11H,7H2,1-6H3. The van der Waals surface area contributed by atoms with Crippen molar-refractivity contribution in [2.75, 3.05) is 7.11 Å². The second-order valence-corrected chi connectivity index (χ2v) is 6.97. The Balaban J connectivity index is 4.32. The first kappa shape index (κ1) is 11.2. The van der Waals surface area contributed by atoms with Crippen LogP contribution in [-0.2, 0) is 4.43 Å². The molecule has 2 atom stereocenters. The van der Waals surface area contributed by atoms with Gasteiger partial charge in [0, 0.05) is 7.11 Å². The summed E-state index contributed by atoms with van der Waals surface area (Å²) in [7, 11) is 0.885. The molecule has 2 heteroatoms. The molecule has 1 nitrogen and oxygen atoms in total. The first-order chi connectivity index (χ1) is 4.99. The third-order valence-corrected chi connectivity index (χ3v) is 7.00. The van der Waals surface area contributed by atoms with Crippen LogP contribution >= 0.6 is 0 Å². The highest BCUT2D eigenvalue weighted by Crippen LogP contribution is 2.41. The smallest absolute Gasteiger partial charge is 0.179 e. The van der Waals surface area contributed by atoms with Crippen LogP contribution in [0.25, 0.3) is 0 Å². The molecule has 0 aliphatic heterocycles. The first-order valence-corrected chi connectivity index (χ1v) is 6.72. The molecule has 11 heavy (non-hydrogen) atoms. The topological polar surface area (TPSA) is 9.23 Å². The van der Waals surface area contributed by atoms with Crippen LogP contribution in [0.2, 0.25) is 11.6 Å². The highest BCUT2D eigenvalue weighted by Gasteiger charge is 2.34. The second kappa shape index (κ2) is 4.26. The monoisotopic (exact) mass is 174 g/mol. The van der Waals surface area contributed by atoms with Gasteiger partial charge in [-0.1, -0.05) is 34.1 Å². The van der Waals surface area contributed by atoms with Crippen molar-refractivity contribution in [3.63, 3.8) is 0 Å². The van der Waals surface area contributed by atoms with Gasteiger partial charge >= 0.3 is 0 Å². The van der Waals surface area contributed by atoms with E-state index in [4.69, 9.17) is 4.43 Å². The maximum Gasteiger partial charge on any atom is 0.179 e. The minimum Gasteiger partial charge on any atom is -0.423 e. The summed E-state index contributed by atoms with van der Waals surface area (Å²) in [5.74, 6) is 0.745. The molecule has 0 aromatic rings. The van der Waals surface area contributed by atoms with Crippen LogP contribution in [-0.4, -0.2) is 16.2 Å². The summed E-state index contributed by atoms with van der Waals surface area (Å²) in [4.78, 5) is 0. The Morgan fingerprint density at radius 2 is 1.91 bits per heavy atom. The highest BCUT2D eigenvalue weighted by atomic mass is 28.3. The lowest BCUT2D eigenvalue weighted by Crippen LogP contribution is -2.33. The molecular weight excluding hydrogens is 152 g/mol. The molecule has 0 spiro atoms. The van der Waals surface area contributed by atoms with E-state index < -0.39 is 9.04 Å². The second-order valence-electron chi connectivity index (χ2n) is 3.89. The molecular formula is C9H22OSi. The van der Waals surface area contributed by atoms with Gasteiger partial charge in [-0.25, -0.2) is 0 Å². The zero-order valence-corrected chi connectivity index (χ0v) is 9.92. The van der Waals surface area contributed by atoms with E-state index >= 15 is 0 Å². The summed E-state index contributed by atoms with van der Waals surface area (Å²) >= 11 is 0. The lowest BCUT2D eigenvalue weighted by molar-refractivity contribution is 0.329. The number of rotatable bonds is 4. The SMILES string of the molecule is CCC(C)(C(C)C)[SiH](C)OC. The average molecular weight is 174 g/mol. The summed E-state index contributed by atoms with van der Waals surface area (Å²) < 4.78 is 5.51. The molecule has 0 aliphatic rings. The lowest BCUT2D eigenvalue weighted by atomic mass is 9.94. The molecule has 0 radical (unpaired) electrons. The largest absolute Gasteiger partial charge is 0.423 e. The molecule has 0 aromatic carbocycles. The summed E-state index contributed by atoms with van der Waals surface area (Å²) in [6, 6.07) is 0. The number of hydrogen-bond donors (Lipinski definition) is 0. The fourth-order valence-electron chi connectivity index (χ4n) is 1.43. The minimum atomic E-state index is -0.969. The van der Waals surface area contributed by atoms with Crippen molar-refractivity contribution in [1.29, 1.82) is 0 Å². The Kier molecular flexibility index (Phi) is 4.33. The summed E-state index contributed by atoms with van der Waals surface area (Å²) in [5, 5.41) is 0.467. The molecule has 0 bridgehead atoms. The molecule has 2 unspecified atom stereocenters. The van der Waals surface area contributed by atoms with Crippen molar-refractivity contribution >= 4 is 9.04 Å². The van der Waals surface area contributed by atoms with E-state index in [0.29, 0.717) is 5.04 Å². The predicted octanol–water partition coefficient (Wildman–Crippen LogP) is 2.81. The van der Waals surface area contributed by atoms with Crippen LogP contribution < -0.4 is 0 Å². The van der Waals surface area contributed by atoms with E-state index in [0.717, 1.165) is 5.92 Å². The molecule has 0 amide bonds. The van der Waals surface area contributed by atoms with Gasteiger partial charge in [-0.3, -0.25) is 0 Å². The van der Waals surface area contributed by atoms with Crippen molar-refractivity contribution in [2.24, 2.45) is 5.92 Å². The summed E-state index contributed by atoms with van der Waals surface area (Å²) in [6.07, 6.45) is 1.24. The van der Waals surface area contributed by atoms with Crippen LogP contribution in [0.5, 0.6) is 0 Å². The van der Waals surface area contributed by atoms with Crippen LogP contribution in [0, 0.1) is 5.92 Å². The van der Waals surface area contributed by atoms with E-state index in [1.54, 1.807) is 0 Å². The van der Waals surface area contributed by atoms with Crippen LogP contribution in [0.4, 0.5) is 0 Å². The van der Waals surface area contributed by atoms with Crippen molar-refractivity contribution in [1.82, 2.24) is 0 Å². The van der Waals surface area contributed by atoms with Gasteiger partial charge in [-0.05, 0) is 17.5 Å². The average Bonchev–Trinajstić information content (AvgIpc) is 2.01. The van der Waals surface area contributed by atoms with Crippen molar-refractivity contribution < 1.29 is 4.43 Å². The molecule has 0 saturated carbocycles. The molecule has 0 heterocycles. The Bertz CT molecular complexity index is 114. The van der Waals surface area contributed by atoms with Crippen LogP contribution in [0.15, 0.2) is 0 Å². The molecule has 0 aromatic heterocycles. The van der Waals surface area contributed by atoms with E-state index in [1.807, 2.05) is 7.11 Å². The van der Waals surface area contributed by atoms with Crippen LogP contribution in [0.1, 0.15) is 34.1 Å². The van der Waals surface area contributed by atoms with Crippen molar-refractivity contribution in [3.05, 3.63) is 0 Å². The van der Waals surface area contributed by atoms with E-state index in [2.05, 4.69) is 34.2 Å². The van der Waals surface area contributed by atoms with Gasteiger partial charge in [-0.15, -0.1) is 0 Å². The Morgan fingerprint density at radius 3 is 2.00 bits per heavy atom. The Hall–Kier alpha value is 0.177. The zero-order chi connectivity index (χ0) is 9.07. The maximum absolute atomic E-state index is 5.51. The third-order valence-electron chi connectivity index (χ3n) is 3.36. The zero-order valence-electron chi connectivity index (χ0n) is 8.77. The Morgan fingerprint density at radius 1 is 1.45 bits per heavy atom. The highest BCUT2D eigenvalue weighted by molar-refractivity contribution is 6.54. The normalized spacial score (nSPS) is 19.9. The van der Waals surface area contributed by atoms with Crippen molar-refractivity contribution in [3.8, 4) is 0 Å². The van der Waals surface area contributed by atoms with Gasteiger partial charge in [0.25, 0.3) is 0 Å². The third kappa shape index (κ3) is 2.31. The fraction of sp³-hybridized carbons (Fsp3) is 1.00. The van der Waals surface area contributed by atoms with E-state index in [-0.39, 0.29) is 0 Å². The molecule has 0 saturated heterocycles. The van der Waals surface area contributed by atoms with Crippen LogP contribution in [0.3, 0.4) is 0 Å². The van der Waals surface area contributed by atoms with Crippen molar-refractivity contribution in [2.45, 2.75) is 45.7 Å². The Labute approximate surface area is 72.9 Å². The maximum atomic E-state index is 5.51. The minimum absolute atomic E-state index is 0.467. The molecule has 0 N–H and O–H groups in total. The lowest BCUT2D eigenvalue weighted by Gasteiger charge is -2.36. The van der Waals surface area contributed by atoms with Gasteiger partial charge < -0.3 is 4.43 Å². The first-order valence-electron chi connectivity index (χ1n) is 4.51. The quantitative estimate of drug-likeness (QED) is 0.596. The molecule has 0 rings (SSSR count). The molecule has 0 aliphatic carbocycles. The van der Waals surface area contributed by atoms with Gasteiger partial charge in [0.1, 0.15) is 0 Å². The van der Waals surface area contributed by atoms with Gasteiger partial charge in [0.2, 0.25) is 0 Å². The van der Waals surface area contributed by atoms with Gasteiger partial charge in [-0.2, -0.15) is 0 Å². The fourth-order valence-corrected chi connectivity index (χ4v) is 3.49. The molecule has 68 valence electrons.